The number of allylic oxidation sites excluding steroid dienone is 2. The summed E-state index contributed by atoms with van der Waals surface area (Å²) >= 11 is 0. The second kappa shape index (κ2) is 8.30. The van der Waals surface area contributed by atoms with Crippen LogP contribution in [-0.4, -0.2) is 18.5 Å². The first-order chi connectivity index (χ1) is 8.59. The number of nitrogens with one attached hydrogen (secondary N) is 1. The molecule has 1 amide bonds. The summed E-state index contributed by atoms with van der Waals surface area (Å²) in [5.41, 5.74) is 5.70. The first kappa shape index (κ1) is 15.2. The van der Waals surface area contributed by atoms with Gasteiger partial charge in [0.05, 0.1) is 0 Å². The minimum Gasteiger partial charge on any atom is -0.356 e. The van der Waals surface area contributed by atoms with Gasteiger partial charge in [-0.15, -0.1) is 0 Å². The van der Waals surface area contributed by atoms with Gasteiger partial charge < -0.3 is 11.1 Å². The number of nitrogens with two attached hydrogens (primary N) is 1. The van der Waals surface area contributed by atoms with Gasteiger partial charge in [0.2, 0.25) is 5.91 Å². The van der Waals surface area contributed by atoms with E-state index >= 15 is 0 Å². The number of hydrogen-bond acceptors (Lipinski definition) is 2. The average Bonchev–Trinajstić information content (AvgIpc) is 2.36. The molecule has 0 saturated heterocycles. The van der Waals surface area contributed by atoms with Crippen LogP contribution in [0, 0.1) is 11.8 Å². The maximum absolute atomic E-state index is 11.9. The molecule has 18 heavy (non-hydrogen) atoms. The van der Waals surface area contributed by atoms with Crippen molar-refractivity contribution >= 4 is 5.91 Å². The lowest BCUT2D eigenvalue weighted by molar-refractivity contribution is -0.124. The van der Waals surface area contributed by atoms with Crippen molar-refractivity contribution in [3.05, 3.63) is 12.2 Å². The monoisotopic (exact) mass is 252 g/mol. The lowest BCUT2D eigenvalue weighted by atomic mass is 9.94. The van der Waals surface area contributed by atoms with Gasteiger partial charge in [0, 0.05) is 18.5 Å². The zero-order valence-electron chi connectivity index (χ0n) is 11.8. The van der Waals surface area contributed by atoms with Crippen molar-refractivity contribution in [2.24, 2.45) is 17.6 Å². The molecule has 3 N–H and O–H groups in total. The van der Waals surface area contributed by atoms with Gasteiger partial charge in [0.25, 0.3) is 0 Å². The Hall–Kier alpha value is -0.830. The van der Waals surface area contributed by atoms with Crippen LogP contribution in [0.1, 0.15) is 52.4 Å². The van der Waals surface area contributed by atoms with E-state index in [1.165, 1.54) is 6.42 Å². The summed E-state index contributed by atoms with van der Waals surface area (Å²) in [6.07, 6.45) is 10.9. The molecule has 0 heterocycles. The number of carbonyl (C=O) groups excluding carboxylic acids is 1. The molecule has 0 radical (unpaired) electrons. The van der Waals surface area contributed by atoms with E-state index in [1.807, 2.05) is 13.8 Å². The first-order valence-corrected chi connectivity index (χ1v) is 7.28. The average molecular weight is 252 g/mol. The number of amides is 1. The van der Waals surface area contributed by atoms with E-state index in [0.717, 1.165) is 38.6 Å². The first-order valence-electron chi connectivity index (χ1n) is 7.28. The van der Waals surface area contributed by atoms with Crippen LogP contribution in [0.5, 0.6) is 0 Å². The lowest BCUT2D eigenvalue weighted by Crippen LogP contribution is -2.33. The Labute approximate surface area is 111 Å². The smallest absolute Gasteiger partial charge is 0.222 e. The van der Waals surface area contributed by atoms with Crippen LogP contribution in [0.15, 0.2) is 12.2 Å². The molecular formula is C15H28N2O. The molecule has 0 aromatic heterocycles. The number of carbonyl (C=O) groups is 1. The molecule has 3 atom stereocenters. The Bertz CT molecular complexity index is 274. The molecule has 3 nitrogen and oxygen atoms in total. The largest absolute Gasteiger partial charge is 0.356 e. The molecule has 0 spiro atoms. The van der Waals surface area contributed by atoms with E-state index in [-0.39, 0.29) is 17.9 Å². The van der Waals surface area contributed by atoms with Crippen LogP contribution in [-0.2, 0) is 4.79 Å². The van der Waals surface area contributed by atoms with E-state index in [4.69, 9.17) is 5.73 Å². The summed E-state index contributed by atoms with van der Waals surface area (Å²) in [4.78, 5) is 11.9. The number of hydrogen-bond donors (Lipinski definition) is 2. The van der Waals surface area contributed by atoms with Crippen LogP contribution < -0.4 is 11.1 Å². The Morgan fingerprint density at radius 2 is 2.17 bits per heavy atom. The fraction of sp³-hybridized carbons (Fsp3) is 0.800. The van der Waals surface area contributed by atoms with Crippen molar-refractivity contribution in [3.63, 3.8) is 0 Å². The maximum atomic E-state index is 11.9. The van der Waals surface area contributed by atoms with Crippen molar-refractivity contribution in [1.82, 2.24) is 5.32 Å². The normalized spacial score (nSPS) is 22.5. The molecule has 0 aromatic carbocycles. The molecule has 0 aliphatic heterocycles. The highest BCUT2D eigenvalue weighted by atomic mass is 16.1. The molecule has 1 aliphatic carbocycles. The molecule has 3 unspecified atom stereocenters. The zero-order valence-corrected chi connectivity index (χ0v) is 11.8. The molecule has 1 aliphatic rings. The fourth-order valence-electron chi connectivity index (χ4n) is 2.34. The third-order valence-electron chi connectivity index (χ3n) is 3.69. The molecule has 3 heteroatoms. The molecule has 1 rings (SSSR count). The highest BCUT2D eigenvalue weighted by molar-refractivity contribution is 5.78. The predicted octanol–water partition coefficient (Wildman–Crippen LogP) is 2.61. The fourth-order valence-corrected chi connectivity index (χ4v) is 2.34. The third-order valence-corrected chi connectivity index (χ3v) is 3.69. The quantitative estimate of drug-likeness (QED) is 0.684. The van der Waals surface area contributed by atoms with Gasteiger partial charge in [-0.1, -0.05) is 25.5 Å². The summed E-state index contributed by atoms with van der Waals surface area (Å²) in [6, 6.07) is 0.245. The summed E-state index contributed by atoms with van der Waals surface area (Å²) in [7, 11) is 0. The standard InChI is InChI=1S/C15H28N2O/c1-12(7-6-8-13(2)16)15(18)17-11-14-9-4-3-5-10-14/h3-4,12-14H,5-11,16H2,1-2H3,(H,17,18). The predicted molar refractivity (Wildman–Crippen MR) is 76.2 cm³/mol. The van der Waals surface area contributed by atoms with Gasteiger partial charge in [-0.25, -0.2) is 0 Å². The van der Waals surface area contributed by atoms with Crippen molar-refractivity contribution in [2.75, 3.05) is 6.54 Å². The Morgan fingerprint density at radius 3 is 2.78 bits per heavy atom. The molecule has 0 aromatic rings. The second-order valence-corrected chi connectivity index (χ2v) is 5.70. The summed E-state index contributed by atoms with van der Waals surface area (Å²) < 4.78 is 0. The second-order valence-electron chi connectivity index (χ2n) is 5.70. The highest BCUT2D eigenvalue weighted by Crippen LogP contribution is 2.17. The van der Waals surface area contributed by atoms with Crippen LogP contribution >= 0.6 is 0 Å². The zero-order chi connectivity index (χ0) is 13.4. The summed E-state index contributed by atoms with van der Waals surface area (Å²) in [6.45, 7) is 4.86. The van der Waals surface area contributed by atoms with E-state index in [1.54, 1.807) is 0 Å². The third kappa shape index (κ3) is 6.20. The topological polar surface area (TPSA) is 55.1 Å². The van der Waals surface area contributed by atoms with E-state index < -0.39 is 0 Å². The minimum atomic E-state index is 0.114. The SMILES string of the molecule is CC(N)CCCC(C)C(=O)NCC1CC=CCC1. The van der Waals surface area contributed by atoms with Crippen LogP contribution in [0.25, 0.3) is 0 Å². The van der Waals surface area contributed by atoms with Gasteiger partial charge in [-0.2, -0.15) is 0 Å². The van der Waals surface area contributed by atoms with Gasteiger partial charge >= 0.3 is 0 Å². The molecular weight excluding hydrogens is 224 g/mol. The summed E-state index contributed by atoms with van der Waals surface area (Å²) in [5, 5.41) is 3.09. The van der Waals surface area contributed by atoms with Crippen molar-refractivity contribution in [3.8, 4) is 0 Å². The van der Waals surface area contributed by atoms with Gasteiger partial charge in [-0.3, -0.25) is 4.79 Å². The van der Waals surface area contributed by atoms with Gasteiger partial charge in [0.15, 0.2) is 0 Å². The maximum Gasteiger partial charge on any atom is 0.222 e. The molecule has 0 saturated carbocycles. The van der Waals surface area contributed by atoms with Crippen molar-refractivity contribution in [1.29, 1.82) is 0 Å². The van der Waals surface area contributed by atoms with Crippen LogP contribution in [0.2, 0.25) is 0 Å². The van der Waals surface area contributed by atoms with Crippen molar-refractivity contribution in [2.45, 2.75) is 58.4 Å². The van der Waals surface area contributed by atoms with Crippen molar-refractivity contribution < 1.29 is 4.79 Å². The van der Waals surface area contributed by atoms with Gasteiger partial charge in [0.1, 0.15) is 0 Å². The Kier molecular flexibility index (Phi) is 7.02. The molecule has 104 valence electrons. The lowest BCUT2D eigenvalue weighted by Gasteiger charge is -2.19. The Morgan fingerprint density at radius 1 is 1.39 bits per heavy atom. The van der Waals surface area contributed by atoms with Crippen LogP contribution in [0.4, 0.5) is 0 Å². The minimum absolute atomic E-state index is 0.114. The Balaban J connectivity index is 2.13. The van der Waals surface area contributed by atoms with E-state index in [2.05, 4.69) is 17.5 Å². The van der Waals surface area contributed by atoms with E-state index in [9.17, 15) is 4.79 Å². The van der Waals surface area contributed by atoms with Crippen LogP contribution in [0.3, 0.4) is 0 Å². The molecule has 0 bridgehead atoms. The summed E-state index contributed by atoms with van der Waals surface area (Å²) in [5.74, 6) is 0.951. The number of rotatable bonds is 7. The highest BCUT2D eigenvalue weighted by Gasteiger charge is 2.15. The molecule has 0 fully saturated rings. The van der Waals surface area contributed by atoms with Gasteiger partial charge in [-0.05, 0) is 44.9 Å². The van der Waals surface area contributed by atoms with E-state index in [0.29, 0.717) is 5.92 Å².